The zero-order valence-electron chi connectivity index (χ0n) is 10.9. The summed E-state index contributed by atoms with van der Waals surface area (Å²) in [5.41, 5.74) is 0. The quantitative estimate of drug-likeness (QED) is 0.807. The first kappa shape index (κ1) is 14.0. The number of nitrogens with one attached hydrogen (secondary N) is 1. The molecule has 1 fully saturated rings. The average Bonchev–Trinajstić information content (AvgIpc) is 2.85. The van der Waals surface area contributed by atoms with E-state index in [2.05, 4.69) is 14.7 Å². The third kappa shape index (κ3) is 2.79. The Kier molecular flexibility index (Phi) is 3.91. The molecule has 0 aliphatic carbocycles. The van der Waals surface area contributed by atoms with Gasteiger partial charge in [-0.1, -0.05) is 0 Å². The van der Waals surface area contributed by atoms with Gasteiger partial charge in [-0.3, -0.25) is 4.79 Å². The molecule has 1 aliphatic rings. The molecule has 0 bridgehead atoms. The number of carbonyl (C=O) groups excluding carboxylic acids is 1. The van der Waals surface area contributed by atoms with Crippen LogP contribution < -0.4 is 0 Å². The number of H-pyrrole nitrogens is 1. The summed E-state index contributed by atoms with van der Waals surface area (Å²) in [6.07, 6.45) is 2.29. The Labute approximate surface area is 112 Å². The molecule has 0 radical (unpaired) electrons. The van der Waals surface area contributed by atoms with Crippen LogP contribution in [0.25, 0.3) is 0 Å². The van der Waals surface area contributed by atoms with Crippen molar-refractivity contribution in [1.82, 2.24) is 14.3 Å². The van der Waals surface area contributed by atoms with Crippen LogP contribution in [-0.4, -0.2) is 48.9 Å². The number of aryl methyl sites for hydroxylation is 1. The third-order valence-electron chi connectivity index (χ3n) is 3.29. The molecule has 1 aromatic rings. The van der Waals surface area contributed by atoms with Gasteiger partial charge in [0.25, 0.3) is 10.0 Å². The fourth-order valence-corrected chi connectivity index (χ4v) is 3.60. The molecule has 1 aromatic heterocycles. The summed E-state index contributed by atoms with van der Waals surface area (Å²) in [5.74, 6) is 0.0809. The number of rotatable bonds is 3. The summed E-state index contributed by atoms with van der Waals surface area (Å²) in [6, 6.07) is 0. The number of sulfonamides is 1. The van der Waals surface area contributed by atoms with Crippen LogP contribution in [0.4, 0.5) is 0 Å². The van der Waals surface area contributed by atoms with Gasteiger partial charge in [0.15, 0.2) is 5.03 Å². The normalized spacial score (nSPS) is 18.4. The fourth-order valence-electron chi connectivity index (χ4n) is 2.17. The molecule has 2 rings (SSSR count). The van der Waals surface area contributed by atoms with Crippen LogP contribution in [0.2, 0.25) is 0 Å². The number of imidazole rings is 1. The highest BCUT2D eigenvalue weighted by Crippen LogP contribution is 2.23. The van der Waals surface area contributed by atoms with Gasteiger partial charge in [0.2, 0.25) is 0 Å². The monoisotopic (exact) mass is 287 g/mol. The van der Waals surface area contributed by atoms with Crippen LogP contribution in [0.5, 0.6) is 0 Å². The van der Waals surface area contributed by atoms with E-state index in [0.717, 1.165) is 0 Å². The van der Waals surface area contributed by atoms with Crippen LogP contribution in [0.15, 0.2) is 11.2 Å². The van der Waals surface area contributed by atoms with Gasteiger partial charge in [-0.25, -0.2) is 13.4 Å². The van der Waals surface area contributed by atoms with Crippen molar-refractivity contribution in [3.05, 3.63) is 12.0 Å². The van der Waals surface area contributed by atoms with E-state index in [1.165, 1.54) is 17.6 Å². The number of hydrogen-bond donors (Lipinski definition) is 1. The van der Waals surface area contributed by atoms with Crippen LogP contribution in [-0.2, 0) is 19.6 Å². The largest absolute Gasteiger partial charge is 0.469 e. The highest BCUT2D eigenvalue weighted by molar-refractivity contribution is 7.89. The lowest BCUT2D eigenvalue weighted by molar-refractivity contribution is -0.146. The van der Waals surface area contributed by atoms with Crippen molar-refractivity contribution in [3.63, 3.8) is 0 Å². The maximum atomic E-state index is 12.3. The Hall–Kier alpha value is -1.41. The Bertz CT molecular complexity index is 558. The maximum absolute atomic E-state index is 12.3. The topological polar surface area (TPSA) is 92.4 Å². The fraction of sp³-hybridized carbons (Fsp3) is 0.636. The number of methoxy groups -OCH3 is 1. The van der Waals surface area contributed by atoms with E-state index in [1.807, 2.05) is 0 Å². The van der Waals surface area contributed by atoms with Gasteiger partial charge in [0, 0.05) is 13.1 Å². The minimum atomic E-state index is -3.53. The zero-order chi connectivity index (χ0) is 14.0. The van der Waals surface area contributed by atoms with E-state index < -0.39 is 10.0 Å². The first-order valence-corrected chi connectivity index (χ1v) is 7.48. The molecular formula is C11H17N3O4S. The van der Waals surface area contributed by atoms with Crippen LogP contribution in [0.3, 0.4) is 0 Å². The van der Waals surface area contributed by atoms with Gasteiger partial charge in [0.1, 0.15) is 5.82 Å². The second-order valence-electron chi connectivity index (χ2n) is 4.53. The first-order chi connectivity index (χ1) is 8.95. The van der Waals surface area contributed by atoms with Crippen molar-refractivity contribution in [2.45, 2.75) is 24.8 Å². The van der Waals surface area contributed by atoms with Gasteiger partial charge < -0.3 is 9.72 Å². The average molecular weight is 287 g/mol. The summed E-state index contributed by atoms with van der Waals surface area (Å²) in [4.78, 5) is 18.0. The van der Waals surface area contributed by atoms with E-state index in [9.17, 15) is 13.2 Å². The molecule has 106 valence electrons. The number of ether oxygens (including phenoxy) is 1. The van der Waals surface area contributed by atoms with Crippen molar-refractivity contribution >= 4 is 16.0 Å². The smallest absolute Gasteiger partial charge is 0.308 e. The minimum absolute atomic E-state index is 0.0986. The van der Waals surface area contributed by atoms with Crippen LogP contribution in [0.1, 0.15) is 18.7 Å². The van der Waals surface area contributed by atoms with E-state index in [4.69, 9.17) is 0 Å². The molecule has 0 atom stereocenters. The number of carbonyl (C=O) groups is 1. The van der Waals surface area contributed by atoms with Crippen molar-refractivity contribution in [3.8, 4) is 0 Å². The lowest BCUT2D eigenvalue weighted by Gasteiger charge is -2.29. The standard InChI is InChI=1S/C11H17N3O4S/c1-8-12-7-10(13-8)19(16,17)14-5-3-9(4-6-14)11(15)18-2/h7,9H,3-6H2,1-2H3,(H,12,13). The first-order valence-electron chi connectivity index (χ1n) is 6.04. The second-order valence-corrected chi connectivity index (χ2v) is 6.44. The van der Waals surface area contributed by atoms with Gasteiger partial charge in [-0.05, 0) is 19.8 Å². The molecule has 1 aliphatic heterocycles. The zero-order valence-corrected chi connectivity index (χ0v) is 11.7. The summed E-state index contributed by atoms with van der Waals surface area (Å²) in [6.45, 7) is 2.34. The number of nitrogens with zero attached hydrogens (tertiary/aromatic N) is 2. The minimum Gasteiger partial charge on any atom is -0.469 e. The highest BCUT2D eigenvalue weighted by Gasteiger charge is 2.33. The Morgan fingerprint density at radius 3 is 2.58 bits per heavy atom. The molecular weight excluding hydrogens is 270 g/mol. The van der Waals surface area contributed by atoms with E-state index in [0.29, 0.717) is 31.8 Å². The van der Waals surface area contributed by atoms with Crippen molar-refractivity contribution in [2.75, 3.05) is 20.2 Å². The summed E-state index contributed by atoms with van der Waals surface area (Å²) in [7, 11) is -2.19. The molecule has 0 aromatic carbocycles. The molecule has 1 saturated heterocycles. The number of aromatic nitrogens is 2. The predicted octanol–water partition coefficient (Wildman–Crippen LogP) is 0.292. The Morgan fingerprint density at radius 1 is 1.47 bits per heavy atom. The Morgan fingerprint density at radius 2 is 2.11 bits per heavy atom. The molecule has 2 heterocycles. The molecule has 8 heteroatoms. The lowest BCUT2D eigenvalue weighted by Crippen LogP contribution is -2.40. The van der Waals surface area contributed by atoms with Crippen molar-refractivity contribution in [2.24, 2.45) is 5.92 Å². The van der Waals surface area contributed by atoms with E-state index in [-0.39, 0.29) is 16.9 Å². The van der Waals surface area contributed by atoms with Crippen LogP contribution >= 0.6 is 0 Å². The van der Waals surface area contributed by atoms with Crippen molar-refractivity contribution < 1.29 is 17.9 Å². The van der Waals surface area contributed by atoms with E-state index in [1.54, 1.807) is 6.92 Å². The summed E-state index contributed by atoms with van der Waals surface area (Å²) >= 11 is 0. The number of hydrogen-bond acceptors (Lipinski definition) is 5. The summed E-state index contributed by atoms with van der Waals surface area (Å²) < 4.78 is 30.6. The van der Waals surface area contributed by atoms with Gasteiger partial charge >= 0.3 is 5.97 Å². The molecule has 7 nitrogen and oxygen atoms in total. The molecule has 1 N–H and O–H groups in total. The van der Waals surface area contributed by atoms with Crippen LogP contribution in [0, 0.1) is 12.8 Å². The second kappa shape index (κ2) is 5.30. The lowest BCUT2D eigenvalue weighted by atomic mass is 9.99. The molecule has 0 unspecified atom stereocenters. The molecule has 0 spiro atoms. The number of piperidine rings is 1. The van der Waals surface area contributed by atoms with Gasteiger partial charge in [-0.2, -0.15) is 4.31 Å². The molecule has 0 amide bonds. The predicted molar refractivity (Wildman–Crippen MR) is 66.8 cm³/mol. The molecule has 0 saturated carbocycles. The highest BCUT2D eigenvalue weighted by atomic mass is 32.2. The maximum Gasteiger partial charge on any atom is 0.308 e. The van der Waals surface area contributed by atoms with Gasteiger partial charge in [-0.15, -0.1) is 0 Å². The number of aromatic amines is 1. The third-order valence-corrected chi connectivity index (χ3v) is 5.09. The summed E-state index contributed by atoms with van der Waals surface area (Å²) in [5, 5.41) is 0.0986. The SMILES string of the molecule is COC(=O)C1CCN(S(=O)(=O)c2cnc(C)[nH]2)CC1. The molecule has 19 heavy (non-hydrogen) atoms. The van der Waals surface area contributed by atoms with Crippen molar-refractivity contribution in [1.29, 1.82) is 0 Å². The van der Waals surface area contributed by atoms with E-state index >= 15 is 0 Å². The van der Waals surface area contributed by atoms with Gasteiger partial charge in [0.05, 0.1) is 19.2 Å². The Balaban J connectivity index is 2.07. The number of esters is 1.